The summed E-state index contributed by atoms with van der Waals surface area (Å²) in [5.41, 5.74) is 10.1. The van der Waals surface area contributed by atoms with E-state index in [0.717, 1.165) is 0 Å². The van der Waals surface area contributed by atoms with Crippen molar-refractivity contribution < 1.29 is 19.8 Å². The molecule has 6 N–H and O–H groups in total. The highest BCUT2D eigenvalue weighted by Crippen LogP contribution is 1.86. The second-order valence-corrected chi connectivity index (χ2v) is 2.61. The Morgan fingerprint density at radius 3 is 1.10 bits per heavy atom. The van der Waals surface area contributed by atoms with E-state index in [1.807, 2.05) is 12.2 Å². The van der Waals surface area contributed by atoms with Crippen molar-refractivity contribution in [3.05, 3.63) is 24.3 Å². The molecule has 0 saturated carbocycles. The molecule has 0 atom stereocenters. The molecule has 20 heavy (non-hydrogen) atoms. The second-order valence-electron chi connectivity index (χ2n) is 2.61. The number of hydrogen-bond acceptors (Lipinski definition) is 4. The third-order valence-electron chi connectivity index (χ3n) is 1.19. The zero-order valence-electron chi connectivity index (χ0n) is 9.00. The number of nitrogens with two attached hydrogens (primary N) is 2. The maximum Gasteiger partial charge on any atom is 0.307 e. The molecule has 0 unspecified atom stereocenters. The van der Waals surface area contributed by atoms with Gasteiger partial charge >= 0.3 is 11.9 Å². The number of carboxylic acids is 2. The average Bonchev–Trinajstić information content (AvgIpc) is 2.22. The maximum absolute atomic E-state index is 9.85. The Balaban J connectivity index is -0.0000000440. The van der Waals surface area contributed by atoms with Gasteiger partial charge in [0.2, 0.25) is 0 Å². The van der Waals surface area contributed by atoms with Crippen molar-refractivity contribution in [3.8, 4) is 0 Å². The smallest absolute Gasteiger partial charge is 0.307 e. The lowest BCUT2D eigenvalue weighted by Crippen LogP contribution is -1.97. The zero-order chi connectivity index (χ0) is 12.8. The van der Waals surface area contributed by atoms with Gasteiger partial charge < -0.3 is 21.7 Å². The zero-order valence-corrected chi connectivity index (χ0v) is 9.00. The average molecular weight is 294 g/mol. The van der Waals surface area contributed by atoms with Crippen LogP contribution in [-0.4, -0.2) is 35.2 Å². The standard InChI is InChI=1S/C6H8O4.C4H10N2.4CH4/c7-5(8)3-1-2-4-6(9)10;5-3-1-2-4-6;;;;/h1-2H,3-4H2,(H,7,8)(H,9,10);1-2H,3-6H2;4*1H4/b2*2-1+;;;;. The molecule has 0 aliphatic carbocycles. The predicted molar refractivity (Wildman–Crippen MR) is 87.8 cm³/mol. The summed E-state index contributed by atoms with van der Waals surface area (Å²) in [5, 5.41) is 16.2. The summed E-state index contributed by atoms with van der Waals surface area (Å²) >= 11 is 0. The third-order valence-corrected chi connectivity index (χ3v) is 1.19. The molecule has 0 saturated heterocycles. The Bertz CT molecular complexity index is 228. The van der Waals surface area contributed by atoms with E-state index >= 15 is 0 Å². The van der Waals surface area contributed by atoms with Crippen LogP contribution < -0.4 is 11.5 Å². The molecule has 0 rings (SSSR count). The molecule has 0 aliphatic heterocycles. The topological polar surface area (TPSA) is 127 Å². The van der Waals surface area contributed by atoms with Crippen LogP contribution in [0, 0.1) is 0 Å². The molecule has 0 amide bonds. The SMILES string of the molecule is C.C.C.C.NC/C=C/CN.O=C(O)C/C=C/CC(=O)O. The van der Waals surface area contributed by atoms with Crippen LogP contribution in [0.5, 0.6) is 0 Å². The molecule has 6 heteroatoms. The van der Waals surface area contributed by atoms with Crippen molar-refractivity contribution in [2.45, 2.75) is 42.5 Å². The van der Waals surface area contributed by atoms with Crippen LogP contribution in [0.25, 0.3) is 0 Å². The summed E-state index contributed by atoms with van der Waals surface area (Å²) < 4.78 is 0. The fourth-order valence-corrected chi connectivity index (χ4v) is 0.561. The highest BCUT2D eigenvalue weighted by molar-refractivity contribution is 5.70. The molecule has 0 spiro atoms. The van der Waals surface area contributed by atoms with E-state index in [1.165, 1.54) is 12.2 Å². The number of aliphatic carboxylic acids is 2. The van der Waals surface area contributed by atoms with Gasteiger partial charge in [-0.05, 0) is 0 Å². The van der Waals surface area contributed by atoms with Gasteiger partial charge in [0.1, 0.15) is 0 Å². The monoisotopic (exact) mass is 294 g/mol. The van der Waals surface area contributed by atoms with E-state index in [0.29, 0.717) is 13.1 Å². The van der Waals surface area contributed by atoms with Crippen LogP contribution in [0.3, 0.4) is 0 Å². The molecule has 0 bridgehead atoms. The van der Waals surface area contributed by atoms with E-state index < -0.39 is 11.9 Å². The Labute approximate surface area is 124 Å². The summed E-state index contributed by atoms with van der Waals surface area (Å²) in [5.74, 6) is -1.91. The van der Waals surface area contributed by atoms with E-state index in [4.69, 9.17) is 21.7 Å². The van der Waals surface area contributed by atoms with Gasteiger partial charge in [0.15, 0.2) is 0 Å². The number of hydrogen-bond donors (Lipinski definition) is 4. The van der Waals surface area contributed by atoms with Gasteiger partial charge in [-0.3, -0.25) is 9.59 Å². The summed E-state index contributed by atoms with van der Waals surface area (Å²) in [4.78, 5) is 19.7. The first-order chi connectivity index (χ1) is 7.54. The van der Waals surface area contributed by atoms with E-state index in [2.05, 4.69) is 0 Å². The lowest BCUT2D eigenvalue weighted by molar-refractivity contribution is -0.137. The summed E-state index contributed by atoms with van der Waals surface area (Å²) in [6.07, 6.45) is 6.06. The van der Waals surface area contributed by atoms with Crippen molar-refractivity contribution >= 4 is 11.9 Å². The first-order valence-electron chi connectivity index (χ1n) is 4.68. The summed E-state index contributed by atoms with van der Waals surface area (Å²) in [6.45, 7) is 1.19. The predicted octanol–water partition coefficient (Wildman–Crippen LogP) is 2.50. The molecular formula is C14H34N2O4. The molecular weight excluding hydrogens is 260 g/mol. The minimum atomic E-state index is -0.957. The highest BCUT2D eigenvalue weighted by atomic mass is 16.4. The number of carboxylic acid groups (broad SMARTS) is 2. The molecule has 0 aromatic rings. The van der Waals surface area contributed by atoms with Crippen LogP contribution in [0.2, 0.25) is 0 Å². The van der Waals surface area contributed by atoms with Gasteiger partial charge in [0.05, 0.1) is 12.8 Å². The van der Waals surface area contributed by atoms with Crippen molar-refractivity contribution in [1.29, 1.82) is 0 Å². The van der Waals surface area contributed by atoms with Crippen LogP contribution in [0.15, 0.2) is 24.3 Å². The van der Waals surface area contributed by atoms with E-state index in [9.17, 15) is 9.59 Å². The number of carbonyl (C=O) groups is 2. The molecule has 0 radical (unpaired) electrons. The summed E-state index contributed by atoms with van der Waals surface area (Å²) in [7, 11) is 0. The molecule has 0 heterocycles. The number of rotatable bonds is 6. The minimum Gasteiger partial charge on any atom is -0.481 e. The van der Waals surface area contributed by atoms with Gasteiger partial charge in [-0.2, -0.15) is 0 Å². The van der Waals surface area contributed by atoms with Gasteiger partial charge in [-0.25, -0.2) is 0 Å². The van der Waals surface area contributed by atoms with Crippen molar-refractivity contribution in [1.82, 2.24) is 0 Å². The van der Waals surface area contributed by atoms with E-state index in [1.54, 1.807) is 0 Å². The molecule has 0 aromatic heterocycles. The molecule has 124 valence electrons. The maximum atomic E-state index is 9.85. The van der Waals surface area contributed by atoms with Crippen molar-refractivity contribution in [2.24, 2.45) is 11.5 Å². The lowest BCUT2D eigenvalue weighted by atomic mass is 10.3. The van der Waals surface area contributed by atoms with Gasteiger partial charge in [0.25, 0.3) is 0 Å². The van der Waals surface area contributed by atoms with Crippen molar-refractivity contribution in [3.63, 3.8) is 0 Å². The first kappa shape index (κ1) is 36.2. The fraction of sp³-hybridized carbons (Fsp3) is 0.571. The van der Waals surface area contributed by atoms with Crippen LogP contribution in [-0.2, 0) is 9.59 Å². The lowest BCUT2D eigenvalue weighted by Gasteiger charge is -1.83. The minimum absolute atomic E-state index is 0. The normalized spacial score (nSPS) is 8.10. The van der Waals surface area contributed by atoms with E-state index in [-0.39, 0.29) is 42.5 Å². The van der Waals surface area contributed by atoms with Crippen LogP contribution in [0.4, 0.5) is 0 Å². The quantitative estimate of drug-likeness (QED) is 0.557. The van der Waals surface area contributed by atoms with Gasteiger partial charge in [-0.15, -0.1) is 0 Å². The largest absolute Gasteiger partial charge is 0.481 e. The fourth-order valence-electron chi connectivity index (χ4n) is 0.561. The van der Waals surface area contributed by atoms with Crippen molar-refractivity contribution in [2.75, 3.05) is 13.1 Å². The Morgan fingerprint density at radius 2 is 0.950 bits per heavy atom. The molecule has 0 aromatic carbocycles. The Morgan fingerprint density at radius 1 is 0.700 bits per heavy atom. The summed E-state index contributed by atoms with van der Waals surface area (Å²) in [6, 6.07) is 0. The highest BCUT2D eigenvalue weighted by Gasteiger charge is 1.91. The molecule has 6 nitrogen and oxygen atoms in total. The van der Waals surface area contributed by atoms with Gasteiger partial charge in [-0.1, -0.05) is 54.0 Å². The molecule has 0 aliphatic rings. The second kappa shape index (κ2) is 30.4. The third kappa shape index (κ3) is 55.3. The Kier molecular flexibility index (Phi) is 55.1. The van der Waals surface area contributed by atoms with Gasteiger partial charge in [0, 0.05) is 13.1 Å². The Hall–Kier alpha value is -1.66. The van der Waals surface area contributed by atoms with Crippen LogP contribution in [0.1, 0.15) is 42.5 Å². The first-order valence-corrected chi connectivity index (χ1v) is 4.68. The van der Waals surface area contributed by atoms with Crippen LogP contribution >= 0.6 is 0 Å². The molecule has 0 fully saturated rings.